The Bertz CT molecular complexity index is 769. The summed E-state index contributed by atoms with van der Waals surface area (Å²) in [5.41, 5.74) is 8.31. The van der Waals surface area contributed by atoms with Crippen molar-refractivity contribution in [2.45, 2.75) is 0 Å². The van der Waals surface area contributed by atoms with Crippen molar-refractivity contribution in [3.05, 3.63) is 59.5 Å². The maximum atomic E-state index is 14.0. The highest BCUT2D eigenvalue weighted by Gasteiger charge is 2.13. The molecule has 1 aromatic carbocycles. The molecule has 2 aromatic heterocycles. The molecular weight excluding hydrogens is 323 g/mol. The van der Waals surface area contributed by atoms with Crippen LogP contribution in [0, 0.1) is 5.82 Å². The average molecular weight is 333 g/mol. The number of aromatic nitrogens is 3. The first kappa shape index (κ1) is 12.8. The van der Waals surface area contributed by atoms with Crippen LogP contribution in [0.2, 0.25) is 0 Å². The first-order chi connectivity index (χ1) is 9.66. The van der Waals surface area contributed by atoms with Crippen LogP contribution in [0.5, 0.6) is 0 Å². The topological polar surface area (TPSA) is 56.7 Å². The molecule has 0 unspecified atom stereocenters. The summed E-state index contributed by atoms with van der Waals surface area (Å²) in [5.74, 6) is -0.338. The van der Waals surface area contributed by atoms with E-state index in [0.717, 1.165) is 4.47 Å². The van der Waals surface area contributed by atoms with Crippen LogP contribution >= 0.6 is 15.9 Å². The Morgan fingerprint density at radius 3 is 2.80 bits per heavy atom. The zero-order valence-corrected chi connectivity index (χ0v) is 11.9. The Morgan fingerprint density at radius 2 is 2.00 bits per heavy atom. The second-order valence-corrected chi connectivity index (χ2v) is 5.12. The number of rotatable bonds is 2. The molecule has 0 atom stereocenters. The maximum absolute atomic E-state index is 14.0. The van der Waals surface area contributed by atoms with E-state index >= 15 is 0 Å². The molecule has 100 valence electrons. The molecule has 6 heteroatoms. The van der Waals surface area contributed by atoms with Gasteiger partial charge >= 0.3 is 0 Å². The van der Waals surface area contributed by atoms with Crippen LogP contribution in [-0.4, -0.2) is 14.5 Å². The molecular formula is C14H10BrFN4. The summed E-state index contributed by atoms with van der Waals surface area (Å²) in [6.45, 7) is 0. The van der Waals surface area contributed by atoms with Crippen LogP contribution in [0.4, 0.5) is 10.1 Å². The normalized spacial score (nSPS) is 10.7. The van der Waals surface area contributed by atoms with Gasteiger partial charge in [0.15, 0.2) is 0 Å². The molecule has 4 nitrogen and oxygen atoms in total. The van der Waals surface area contributed by atoms with E-state index in [4.69, 9.17) is 5.73 Å². The lowest BCUT2D eigenvalue weighted by molar-refractivity contribution is 0.618. The molecule has 0 aliphatic rings. The lowest BCUT2D eigenvalue weighted by Crippen LogP contribution is -2.00. The third-order valence-corrected chi connectivity index (χ3v) is 3.43. The van der Waals surface area contributed by atoms with Gasteiger partial charge < -0.3 is 5.73 Å². The number of halogens is 2. The summed E-state index contributed by atoms with van der Waals surface area (Å²) in [6, 6.07) is 6.43. The maximum Gasteiger partial charge on any atom is 0.147 e. The fourth-order valence-corrected chi connectivity index (χ4v) is 2.32. The van der Waals surface area contributed by atoms with Crippen LogP contribution in [0.3, 0.4) is 0 Å². The Kier molecular flexibility index (Phi) is 3.23. The van der Waals surface area contributed by atoms with Gasteiger partial charge in [-0.1, -0.05) is 15.9 Å². The fraction of sp³-hybridized carbons (Fsp3) is 0. The van der Waals surface area contributed by atoms with Gasteiger partial charge in [0.05, 0.1) is 23.9 Å². The zero-order chi connectivity index (χ0) is 14.1. The molecule has 2 heterocycles. The van der Waals surface area contributed by atoms with Crippen molar-refractivity contribution >= 4 is 21.6 Å². The van der Waals surface area contributed by atoms with Crippen molar-refractivity contribution in [3.8, 4) is 16.9 Å². The fourth-order valence-electron chi connectivity index (χ4n) is 1.98. The molecule has 20 heavy (non-hydrogen) atoms. The summed E-state index contributed by atoms with van der Waals surface area (Å²) in [7, 11) is 0. The summed E-state index contributed by atoms with van der Waals surface area (Å²) >= 11 is 3.34. The number of nitrogens with two attached hydrogens (primary N) is 1. The van der Waals surface area contributed by atoms with Gasteiger partial charge in [-0.2, -0.15) is 0 Å². The van der Waals surface area contributed by atoms with E-state index in [9.17, 15) is 4.39 Å². The third kappa shape index (κ3) is 2.18. The number of imidazole rings is 1. The number of pyridine rings is 1. The van der Waals surface area contributed by atoms with Crippen molar-refractivity contribution in [1.29, 1.82) is 0 Å². The molecule has 0 saturated carbocycles. The van der Waals surface area contributed by atoms with Gasteiger partial charge in [-0.15, -0.1) is 0 Å². The predicted octanol–water partition coefficient (Wildman–Crippen LogP) is 3.42. The van der Waals surface area contributed by atoms with E-state index in [1.165, 1.54) is 6.07 Å². The van der Waals surface area contributed by atoms with Gasteiger partial charge in [-0.05, 0) is 24.3 Å². The molecule has 0 aliphatic carbocycles. The minimum Gasteiger partial charge on any atom is -0.398 e. The summed E-state index contributed by atoms with van der Waals surface area (Å²) in [5, 5.41) is 0. The number of hydrogen-bond donors (Lipinski definition) is 1. The standard InChI is InChI=1S/C14H10BrFN4/c15-9-1-2-11(16)13(5-9)20-8-19-7-14(20)10-6-18-4-3-12(10)17/h1-8H,(H2,17,18). The number of anilines is 1. The lowest BCUT2D eigenvalue weighted by Gasteiger charge is -2.11. The predicted molar refractivity (Wildman–Crippen MR) is 78.9 cm³/mol. The number of hydrogen-bond acceptors (Lipinski definition) is 3. The van der Waals surface area contributed by atoms with Crippen LogP contribution in [0.1, 0.15) is 0 Å². The van der Waals surface area contributed by atoms with Crippen molar-refractivity contribution in [1.82, 2.24) is 14.5 Å². The van der Waals surface area contributed by atoms with Crippen LogP contribution < -0.4 is 5.73 Å². The molecule has 0 saturated heterocycles. The van der Waals surface area contributed by atoms with E-state index in [0.29, 0.717) is 22.6 Å². The second-order valence-electron chi connectivity index (χ2n) is 4.21. The first-order valence-corrected chi connectivity index (χ1v) is 6.64. The molecule has 0 spiro atoms. The molecule has 0 aliphatic heterocycles. The Hall–Kier alpha value is -2.21. The van der Waals surface area contributed by atoms with Crippen molar-refractivity contribution in [2.75, 3.05) is 5.73 Å². The molecule has 3 rings (SSSR count). The Labute approximate surface area is 123 Å². The molecule has 0 fully saturated rings. The second kappa shape index (κ2) is 5.05. The van der Waals surface area contributed by atoms with E-state index in [1.54, 1.807) is 47.7 Å². The van der Waals surface area contributed by atoms with Gasteiger partial charge in [-0.3, -0.25) is 9.55 Å². The SMILES string of the molecule is Nc1ccncc1-c1cncn1-c1cc(Br)ccc1F. The third-order valence-electron chi connectivity index (χ3n) is 2.94. The van der Waals surface area contributed by atoms with Crippen LogP contribution in [-0.2, 0) is 0 Å². The quantitative estimate of drug-likeness (QED) is 0.782. The number of nitrogens with zero attached hydrogens (tertiary/aromatic N) is 3. The van der Waals surface area contributed by atoms with Crippen molar-refractivity contribution in [2.24, 2.45) is 0 Å². The summed E-state index contributed by atoms with van der Waals surface area (Å²) in [4.78, 5) is 8.14. The number of nitrogen functional groups attached to an aromatic ring is 1. The van der Waals surface area contributed by atoms with E-state index < -0.39 is 0 Å². The van der Waals surface area contributed by atoms with E-state index in [1.807, 2.05) is 0 Å². The monoisotopic (exact) mass is 332 g/mol. The molecule has 3 aromatic rings. The lowest BCUT2D eigenvalue weighted by atomic mass is 10.2. The molecule has 0 radical (unpaired) electrons. The van der Waals surface area contributed by atoms with Gasteiger partial charge in [-0.25, -0.2) is 9.37 Å². The smallest absolute Gasteiger partial charge is 0.147 e. The van der Waals surface area contributed by atoms with Crippen LogP contribution in [0.25, 0.3) is 16.9 Å². The highest BCUT2D eigenvalue weighted by molar-refractivity contribution is 9.10. The zero-order valence-electron chi connectivity index (χ0n) is 10.3. The van der Waals surface area contributed by atoms with E-state index in [2.05, 4.69) is 25.9 Å². The van der Waals surface area contributed by atoms with Crippen molar-refractivity contribution < 1.29 is 4.39 Å². The minimum absolute atomic E-state index is 0.338. The molecule has 0 bridgehead atoms. The summed E-state index contributed by atoms with van der Waals surface area (Å²) in [6.07, 6.45) is 6.43. The van der Waals surface area contributed by atoms with Crippen molar-refractivity contribution in [3.63, 3.8) is 0 Å². The number of benzene rings is 1. The molecule has 2 N–H and O–H groups in total. The average Bonchev–Trinajstić information content (AvgIpc) is 2.91. The Morgan fingerprint density at radius 1 is 1.15 bits per heavy atom. The van der Waals surface area contributed by atoms with E-state index in [-0.39, 0.29) is 5.82 Å². The van der Waals surface area contributed by atoms with Crippen LogP contribution in [0.15, 0.2) is 53.7 Å². The van der Waals surface area contributed by atoms with Gasteiger partial charge in [0, 0.05) is 28.1 Å². The highest BCUT2D eigenvalue weighted by Crippen LogP contribution is 2.28. The summed E-state index contributed by atoms with van der Waals surface area (Å²) < 4.78 is 16.4. The van der Waals surface area contributed by atoms with Gasteiger partial charge in [0.25, 0.3) is 0 Å². The van der Waals surface area contributed by atoms with Gasteiger partial charge in [0.1, 0.15) is 5.82 Å². The molecule has 0 amide bonds. The van der Waals surface area contributed by atoms with Gasteiger partial charge in [0.2, 0.25) is 0 Å². The minimum atomic E-state index is -0.338. The highest BCUT2D eigenvalue weighted by atomic mass is 79.9. The Balaban J connectivity index is 2.21. The largest absolute Gasteiger partial charge is 0.398 e. The first-order valence-electron chi connectivity index (χ1n) is 5.84.